The Balaban J connectivity index is 1.76. The number of amides is 1. The number of rotatable bonds is 5. The van der Waals surface area contributed by atoms with Gasteiger partial charge in [-0.2, -0.15) is 0 Å². The molecule has 122 valence electrons. The highest BCUT2D eigenvalue weighted by molar-refractivity contribution is 7.11. The highest BCUT2D eigenvalue weighted by Crippen LogP contribution is 2.32. The predicted molar refractivity (Wildman–Crippen MR) is 91.7 cm³/mol. The highest BCUT2D eigenvalue weighted by atomic mass is 32.1. The lowest BCUT2D eigenvalue weighted by Gasteiger charge is -2.27. The maximum atomic E-state index is 12.3. The summed E-state index contributed by atoms with van der Waals surface area (Å²) < 4.78 is 0. The second-order valence-electron chi connectivity index (χ2n) is 5.96. The first-order valence-electron chi connectivity index (χ1n) is 7.60. The van der Waals surface area contributed by atoms with E-state index in [2.05, 4.69) is 44.7 Å². The molecule has 0 fully saturated rings. The number of carbonyl (C=O) groups is 1. The van der Waals surface area contributed by atoms with Gasteiger partial charge in [-0.15, -0.1) is 11.3 Å². The second kappa shape index (κ2) is 6.49. The number of anilines is 3. The van der Waals surface area contributed by atoms with Gasteiger partial charge in [0.15, 0.2) is 11.6 Å². The van der Waals surface area contributed by atoms with Crippen molar-refractivity contribution in [1.82, 2.24) is 15.0 Å². The van der Waals surface area contributed by atoms with Crippen LogP contribution >= 0.6 is 11.3 Å². The van der Waals surface area contributed by atoms with Crippen molar-refractivity contribution in [1.29, 1.82) is 0 Å². The van der Waals surface area contributed by atoms with Crippen LogP contribution in [0.2, 0.25) is 0 Å². The molecular formula is C15H20N6OS. The predicted octanol–water partition coefficient (Wildman–Crippen LogP) is 2.63. The average molecular weight is 332 g/mol. The number of hydrogen-bond acceptors (Lipinski definition) is 7. The van der Waals surface area contributed by atoms with E-state index in [9.17, 15) is 4.79 Å². The normalized spacial score (nSPS) is 16.7. The molecule has 1 aliphatic heterocycles. The van der Waals surface area contributed by atoms with E-state index in [1.807, 2.05) is 13.1 Å². The van der Waals surface area contributed by atoms with Crippen molar-refractivity contribution >= 4 is 34.6 Å². The molecule has 1 unspecified atom stereocenters. The summed E-state index contributed by atoms with van der Waals surface area (Å²) in [6.45, 7) is 6.77. The van der Waals surface area contributed by atoms with Crippen LogP contribution in [0.4, 0.5) is 17.3 Å². The van der Waals surface area contributed by atoms with Crippen LogP contribution in [-0.2, 0) is 11.3 Å². The van der Waals surface area contributed by atoms with Gasteiger partial charge >= 0.3 is 0 Å². The summed E-state index contributed by atoms with van der Waals surface area (Å²) >= 11 is 1.63. The molecule has 0 radical (unpaired) electrons. The van der Waals surface area contributed by atoms with E-state index in [-0.39, 0.29) is 11.9 Å². The van der Waals surface area contributed by atoms with E-state index in [1.165, 1.54) is 6.33 Å². The van der Waals surface area contributed by atoms with Crippen molar-refractivity contribution in [2.24, 2.45) is 5.92 Å². The number of aryl methyl sites for hydroxylation is 1. The largest absolute Gasteiger partial charge is 0.363 e. The lowest BCUT2D eigenvalue weighted by Crippen LogP contribution is -2.40. The van der Waals surface area contributed by atoms with Gasteiger partial charge in [0, 0.05) is 11.1 Å². The van der Waals surface area contributed by atoms with Gasteiger partial charge in [0.2, 0.25) is 5.91 Å². The van der Waals surface area contributed by atoms with Gasteiger partial charge in [0.25, 0.3) is 0 Å². The molecule has 0 saturated carbocycles. The molecule has 0 aliphatic carbocycles. The molecule has 1 amide bonds. The Morgan fingerprint density at radius 3 is 2.87 bits per heavy atom. The number of hydrogen-bond donors (Lipinski definition) is 3. The van der Waals surface area contributed by atoms with E-state index in [4.69, 9.17) is 0 Å². The number of fused-ring (bicyclic) bond motifs is 1. The number of aromatic nitrogens is 3. The maximum absolute atomic E-state index is 12.3. The first-order chi connectivity index (χ1) is 11.0. The van der Waals surface area contributed by atoms with Crippen LogP contribution in [0.25, 0.3) is 0 Å². The standard InChI is InChI=1S/C15H20N6OS/c1-8(2)4-11-15(22)21-12-13(18-7-19-14(12)20-11)17-6-10-5-16-9(3)23-10/h5,7-8,11H,4,6H2,1-3H3,(H,21,22)(H2,17,18,19,20). The summed E-state index contributed by atoms with van der Waals surface area (Å²) in [6.07, 6.45) is 4.10. The maximum Gasteiger partial charge on any atom is 0.247 e. The van der Waals surface area contributed by atoms with E-state index < -0.39 is 0 Å². The molecule has 2 aromatic heterocycles. The Morgan fingerprint density at radius 2 is 2.17 bits per heavy atom. The van der Waals surface area contributed by atoms with Crippen LogP contribution in [0, 0.1) is 12.8 Å². The molecular weight excluding hydrogens is 312 g/mol. The zero-order valence-electron chi connectivity index (χ0n) is 13.4. The molecule has 3 heterocycles. The van der Waals surface area contributed by atoms with Crippen LogP contribution in [0.1, 0.15) is 30.2 Å². The average Bonchev–Trinajstić information content (AvgIpc) is 2.91. The second-order valence-corrected chi connectivity index (χ2v) is 7.28. The molecule has 0 spiro atoms. The molecule has 0 saturated heterocycles. The summed E-state index contributed by atoms with van der Waals surface area (Å²) in [6, 6.07) is -0.255. The number of thiazole rings is 1. The summed E-state index contributed by atoms with van der Waals surface area (Å²) in [5.74, 6) is 1.66. The van der Waals surface area contributed by atoms with Crippen LogP contribution in [-0.4, -0.2) is 26.9 Å². The highest BCUT2D eigenvalue weighted by Gasteiger charge is 2.28. The zero-order chi connectivity index (χ0) is 16.4. The Labute approximate surface area is 139 Å². The fourth-order valence-corrected chi connectivity index (χ4v) is 3.22. The summed E-state index contributed by atoms with van der Waals surface area (Å²) in [5, 5.41) is 10.4. The van der Waals surface area contributed by atoms with E-state index in [0.29, 0.717) is 29.8 Å². The van der Waals surface area contributed by atoms with Crippen molar-refractivity contribution in [3.05, 3.63) is 22.4 Å². The third kappa shape index (κ3) is 3.58. The van der Waals surface area contributed by atoms with Crippen LogP contribution < -0.4 is 16.0 Å². The molecule has 0 bridgehead atoms. The van der Waals surface area contributed by atoms with Gasteiger partial charge in [0.05, 0.1) is 11.6 Å². The quantitative estimate of drug-likeness (QED) is 0.779. The Kier molecular flexibility index (Phi) is 4.42. The van der Waals surface area contributed by atoms with Crippen molar-refractivity contribution < 1.29 is 4.79 Å². The number of nitrogens with one attached hydrogen (secondary N) is 3. The molecule has 0 aromatic carbocycles. The minimum Gasteiger partial charge on any atom is -0.363 e. The first kappa shape index (κ1) is 15.7. The third-order valence-electron chi connectivity index (χ3n) is 3.53. The van der Waals surface area contributed by atoms with E-state index >= 15 is 0 Å². The number of carbonyl (C=O) groups excluding carboxylic acids is 1. The molecule has 8 heteroatoms. The molecule has 1 atom stereocenters. The SMILES string of the molecule is Cc1ncc(CNc2ncnc3c2NC(=O)C(CC(C)C)N3)s1. The topological polar surface area (TPSA) is 91.8 Å². The lowest BCUT2D eigenvalue weighted by atomic mass is 10.0. The van der Waals surface area contributed by atoms with Crippen molar-refractivity contribution in [3.8, 4) is 0 Å². The third-order valence-corrected chi connectivity index (χ3v) is 4.44. The molecule has 23 heavy (non-hydrogen) atoms. The minimum absolute atomic E-state index is 0.0438. The Hall–Kier alpha value is -2.22. The lowest BCUT2D eigenvalue weighted by molar-refractivity contribution is -0.117. The smallest absolute Gasteiger partial charge is 0.247 e. The molecule has 7 nitrogen and oxygen atoms in total. The van der Waals surface area contributed by atoms with Gasteiger partial charge in [-0.3, -0.25) is 4.79 Å². The minimum atomic E-state index is -0.255. The Bertz CT molecular complexity index is 714. The van der Waals surface area contributed by atoms with Gasteiger partial charge in [-0.25, -0.2) is 15.0 Å². The fourth-order valence-electron chi connectivity index (χ4n) is 2.48. The zero-order valence-corrected chi connectivity index (χ0v) is 14.2. The van der Waals surface area contributed by atoms with Gasteiger partial charge in [-0.1, -0.05) is 13.8 Å². The molecule has 1 aliphatic rings. The summed E-state index contributed by atoms with van der Waals surface area (Å²) in [4.78, 5) is 26.1. The molecule has 3 rings (SSSR count). The van der Waals surface area contributed by atoms with Crippen LogP contribution in [0.3, 0.4) is 0 Å². The van der Waals surface area contributed by atoms with E-state index in [0.717, 1.165) is 16.3 Å². The molecule has 3 N–H and O–H groups in total. The van der Waals surface area contributed by atoms with Gasteiger partial charge in [0.1, 0.15) is 18.1 Å². The van der Waals surface area contributed by atoms with Crippen LogP contribution in [0.5, 0.6) is 0 Å². The van der Waals surface area contributed by atoms with Crippen molar-refractivity contribution in [3.63, 3.8) is 0 Å². The van der Waals surface area contributed by atoms with Gasteiger partial charge < -0.3 is 16.0 Å². The van der Waals surface area contributed by atoms with Crippen molar-refractivity contribution in [2.45, 2.75) is 39.8 Å². The monoisotopic (exact) mass is 332 g/mol. The van der Waals surface area contributed by atoms with Crippen LogP contribution in [0.15, 0.2) is 12.5 Å². The summed E-state index contributed by atoms with van der Waals surface area (Å²) in [7, 11) is 0. The first-order valence-corrected chi connectivity index (χ1v) is 8.42. The van der Waals surface area contributed by atoms with Crippen molar-refractivity contribution in [2.75, 3.05) is 16.0 Å². The number of nitrogens with zero attached hydrogens (tertiary/aromatic N) is 3. The summed E-state index contributed by atoms with van der Waals surface area (Å²) in [5.41, 5.74) is 0.610. The van der Waals surface area contributed by atoms with Gasteiger partial charge in [-0.05, 0) is 19.3 Å². The fraction of sp³-hybridized carbons (Fsp3) is 0.467. The van der Waals surface area contributed by atoms with E-state index in [1.54, 1.807) is 11.3 Å². The molecule has 2 aromatic rings. The Morgan fingerprint density at radius 1 is 1.35 bits per heavy atom.